The van der Waals surface area contributed by atoms with Crippen molar-refractivity contribution in [2.75, 3.05) is 23.3 Å². The zero-order valence-corrected chi connectivity index (χ0v) is 16.4. The number of pyridine rings is 1. The number of aromatic amines is 1. The number of piperidine rings is 1. The van der Waals surface area contributed by atoms with E-state index in [9.17, 15) is 4.79 Å². The summed E-state index contributed by atoms with van der Waals surface area (Å²) in [6, 6.07) is 7.74. The molecule has 1 aliphatic rings. The Balaban J connectivity index is 1.43. The second-order valence-electron chi connectivity index (χ2n) is 6.41. The van der Waals surface area contributed by atoms with Crippen LogP contribution in [0, 0.1) is 4.77 Å². The maximum absolute atomic E-state index is 12.5. The summed E-state index contributed by atoms with van der Waals surface area (Å²) >= 11 is 6.82. The predicted molar refractivity (Wildman–Crippen MR) is 110 cm³/mol. The Labute approximate surface area is 166 Å². The number of hydrogen-bond acceptors (Lipinski definition) is 6. The van der Waals surface area contributed by atoms with E-state index >= 15 is 0 Å². The number of carbonyl (C=O) groups excluding carboxylic acids is 1. The van der Waals surface area contributed by atoms with Gasteiger partial charge in [0.25, 0.3) is 0 Å². The van der Waals surface area contributed by atoms with Crippen LogP contribution in [0.1, 0.15) is 19.3 Å². The molecule has 0 aliphatic carbocycles. The Morgan fingerprint density at radius 2 is 2.11 bits per heavy atom. The minimum absolute atomic E-state index is 0.0815. The van der Waals surface area contributed by atoms with Crippen molar-refractivity contribution in [1.29, 1.82) is 0 Å². The average molecular weight is 401 g/mol. The van der Waals surface area contributed by atoms with Gasteiger partial charge in [-0.2, -0.15) is 5.10 Å². The third-order valence-corrected chi connectivity index (χ3v) is 5.72. The van der Waals surface area contributed by atoms with E-state index < -0.39 is 0 Å². The smallest absolute Gasteiger partial charge is 0.245 e. The topological polar surface area (TPSA) is 78.8 Å². The summed E-state index contributed by atoms with van der Waals surface area (Å²) in [6.45, 7) is 2.22. The Morgan fingerprint density at radius 3 is 2.81 bits per heavy atom. The van der Waals surface area contributed by atoms with Gasteiger partial charge in [0.15, 0.2) is 10.6 Å². The quantitative estimate of drug-likeness (QED) is 0.639. The van der Waals surface area contributed by atoms with E-state index in [2.05, 4.69) is 25.4 Å². The van der Waals surface area contributed by atoms with Gasteiger partial charge in [-0.05, 0) is 55.1 Å². The lowest BCUT2D eigenvalue weighted by Crippen LogP contribution is -2.29. The minimum atomic E-state index is -0.191. The molecule has 0 spiro atoms. The number of nitrogens with zero attached hydrogens (tertiary/aromatic N) is 4. The van der Waals surface area contributed by atoms with Gasteiger partial charge < -0.3 is 10.2 Å². The molecule has 0 bridgehead atoms. The fraction of sp³-hybridized carbons (Fsp3) is 0.333. The fourth-order valence-electron chi connectivity index (χ4n) is 3.18. The molecular formula is C18H20N6OS2. The molecule has 0 atom stereocenters. The van der Waals surface area contributed by atoms with Gasteiger partial charge in [-0.15, -0.1) is 11.3 Å². The van der Waals surface area contributed by atoms with Crippen LogP contribution >= 0.6 is 23.6 Å². The zero-order chi connectivity index (χ0) is 18.6. The van der Waals surface area contributed by atoms with Gasteiger partial charge in [-0.3, -0.25) is 14.5 Å². The van der Waals surface area contributed by atoms with Crippen LogP contribution in [0.2, 0.25) is 0 Å². The molecule has 7 nitrogen and oxygen atoms in total. The number of aromatic nitrogens is 4. The largest absolute Gasteiger partial charge is 0.370 e. The van der Waals surface area contributed by atoms with Crippen molar-refractivity contribution in [1.82, 2.24) is 19.7 Å². The molecule has 2 N–H and O–H groups in total. The number of hydrogen-bond donors (Lipinski definition) is 2. The van der Waals surface area contributed by atoms with Crippen LogP contribution in [0.5, 0.6) is 0 Å². The van der Waals surface area contributed by atoms with Crippen molar-refractivity contribution in [3.8, 4) is 10.7 Å². The first kappa shape index (κ1) is 17.9. The zero-order valence-electron chi connectivity index (χ0n) is 14.7. The first-order chi connectivity index (χ1) is 13.2. The van der Waals surface area contributed by atoms with Crippen LogP contribution in [0.3, 0.4) is 0 Å². The first-order valence-electron chi connectivity index (χ1n) is 8.90. The second-order valence-corrected chi connectivity index (χ2v) is 7.75. The Bertz CT molecular complexity index is 955. The van der Waals surface area contributed by atoms with Crippen LogP contribution in [0.15, 0.2) is 35.8 Å². The highest BCUT2D eigenvalue weighted by atomic mass is 32.1. The summed E-state index contributed by atoms with van der Waals surface area (Å²) in [5, 5.41) is 11.8. The number of thiophene rings is 1. The first-order valence-corrected chi connectivity index (χ1v) is 10.2. The highest BCUT2D eigenvalue weighted by Crippen LogP contribution is 2.23. The van der Waals surface area contributed by atoms with Gasteiger partial charge in [-0.25, -0.2) is 4.98 Å². The van der Waals surface area contributed by atoms with Crippen LogP contribution in [0.4, 0.5) is 11.5 Å². The van der Waals surface area contributed by atoms with E-state index in [0.29, 0.717) is 16.4 Å². The standard InChI is InChI=1S/C18H20N6OS2/c25-16(12-24-17(21-22-18(24)26)14-5-4-10-27-14)20-15-7-6-13(11-19-15)23-8-2-1-3-9-23/h4-7,10-11H,1-3,8-9,12H2,(H,22,26)(H,19,20,25). The Hall–Kier alpha value is -2.52. The lowest BCUT2D eigenvalue weighted by atomic mass is 10.1. The van der Waals surface area contributed by atoms with Gasteiger partial charge in [0.05, 0.1) is 16.8 Å². The summed E-state index contributed by atoms with van der Waals surface area (Å²) in [4.78, 5) is 20.2. The average Bonchev–Trinajstić information content (AvgIpc) is 3.34. The number of nitrogens with one attached hydrogen (secondary N) is 2. The molecule has 1 saturated heterocycles. The molecule has 4 rings (SSSR count). The third-order valence-electron chi connectivity index (χ3n) is 4.54. The molecule has 0 aromatic carbocycles. The number of rotatable bonds is 5. The van der Waals surface area contributed by atoms with E-state index in [4.69, 9.17) is 12.2 Å². The summed E-state index contributed by atoms with van der Waals surface area (Å²) in [5.41, 5.74) is 1.10. The molecule has 1 aliphatic heterocycles. The Morgan fingerprint density at radius 1 is 1.26 bits per heavy atom. The number of amides is 1. The normalized spacial score (nSPS) is 14.3. The van der Waals surface area contributed by atoms with Crippen molar-refractivity contribution in [2.45, 2.75) is 25.8 Å². The van der Waals surface area contributed by atoms with E-state index in [1.54, 1.807) is 15.9 Å². The van der Waals surface area contributed by atoms with Gasteiger partial charge >= 0.3 is 0 Å². The number of carbonyl (C=O) groups is 1. The maximum atomic E-state index is 12.5. The Kier molecular flexibility index (Phi) is 5.30. The highest BCUT2D eigenvalue weighted by Gasteiger charge is 2.14. The van der Waals surface area contributed by atoms with Crippen molar-refractivity contribution >= 4 is 41.0 Å². The lowest BCUT2D eigenvalue weighted by molar-refractivity contribution is -0.116. The van der Waals surface area contributed by atoms with Crippen molar-refractivity contribution in [3.63, 3.8) is 0 Å². The number of anilines is 2. The predicted octanol–water partition coefficient (Wildman–Crippen LogP) is 3.69. The fourth-order valence-corrected chi connectivity index (χ4v) is 4.10. The molecule has 1 amide bonds. The third kappa shape index (κ3) is 4.09. The van der Waals surface area contributed by atoms with Crippen LogP contribution in [-0.4, -0.2) is 38.7 Å². The van der Waals surface area contributed by atoms with Crippen molar-refractivity contribution in [2.24, 2.45) is 0 Å². The molecule has 0 radical (unpaired) electrons. The van der Waals surface area contributed by atoms with E-state index in [-0.39, 0.29) is 12.5 Å². The molecule has 4 heterocycles. The lowest BCUT2D eigenvalue weighted by Gasteiger charge is -2.28. The molecule has 3 aromatic rings. The molecule has 3 aromatic heterocycles. The maximum Gasteiger partial charge on any atom is 0.245 e. The van der Waals surface area contributed by atoms with Gasteiger partial charge in [0.1, 0.15) is 12.4 Å². The highest BCUT2D eigenvalue weighted by molar-refractivity contribution is 7.71. The SMILES string of the molecule is O=C(Cn1c(-c2cccs2)n[nH]c1=S)Nc1ccc(N2CCCCC2)cn1. The molecular weight excluding hydrogens is 380 g/mol. The van der Waals surface area contributed by atoms with Crippen molar-refractivity contribution in [3.05, 3.63) is 40.6 Å². The summed E-state index contributed by atoms with van der Waals surface area (Å²) in [6.07, 6.45) is 5.55. The van der Waals surface area contributed by atoms with Crippen LogP contribution in [0.25, 0.3) is 10.7 Å². The monoisotopic (exact) mass is 400 g/mol. The summed E-state index contributed by atoms with van der Waals surface area (Å²) < 4.78 is 2.11. The van der Waals surface area contributed by atoms with Gasteiger partial charge in [0, 0.05) is 13.1 Å². The molecule has 27 heavy (non-hydrogen) atoms. The van der Waals surface area contributed by atoms with E-state index in [1.165, 1.54) is 19.3 Å². The van der Waals surface area contributed by atoms with Crippen LogP contribution in [-0.2, 0) is 11.3 Å². The second kappa shape index (κ2) is 8.01. The number of H-pyrrole nitrogens is 1. The molecule has 9 heteroatoms. The van der Waals surface area contributed by atoms with Crippen molar-refractivity contribution < 1.29 is 4.79 Å². The molecule has 0 saturated carbocycles. The van der Waals surface area contributed by atoms with E-state index in [1.807, 2.05) is 35.8 Å². The molecule has 0 unspecified atom stereocenters. The van der Waals surface area contributed by atoms with Gasteiger partial charge in [-0.1, -0.05) is 6.07 Å². The van der Waals surface area contributed by atoms with Gasteiger partial charge in [0.2, 0.25) is 5.91 Å². The minimum Gasteiger partial charge on any atom is -0.370 e. The molecule has 140 valence electrons. The summed E-state index contributed by atoms with van der Waals surface area (Å²) in [5.74, 6) is 1.01. The summed E-state index contributed by atoms with van der Waals surface area (Å²) in [7, 11) is 0. The van der Waals surface area contributed by atoms with E-state index in [0.717, 1.165) is 23.7 Å². The molecule has 1 fully saturated rings. The van der Waals surface area contributed by atoms with Crippen LogP contribution < -0.4 is 10.2 Å².